The molecule has 0 aliphatic carbocycles. The second-order valence-corrected chi connectivity index (χ2v) is 5.03. The molecule has 1 aliphatic heterocycles. The SMILES string of the molecule is CN1CCN(CC(N)(C#N)c2ccccc2)CC1. The molecule has 0 radical (unpaired) electrons. The lowest BCUT2D eigenvalue weighted by molar-refractivity contribution is 0.137. The number of piperazine rings is 1. The third-order valence-electron chi connectivity index (χ3n) is 3.56. The summed E-state index contributed by atoms with van der Waals surface area (Å²) in [4.78, 5) is 4.57. The van der Waals surface area contributed by atoms with Crippen LogP contribution in [-0.2, 0) is 5.54 Å². The number of hydrogen-bond donors (Lipinski definition) is 1. The number of nitrogens with zero attached hydrogens (tertiary/aromatic N) is 3. The Balaban J connectivity index is 2.07. The highest BCUT2D eigenvalue weighted by Gasteiger charge is 2.30. The number of nitrogens with two attached hydrogens (primary N) is 1. The fourth-order valence-corrected chi connectivity index (χ4v) is 2.29. The van der Waals surface area contributed by atoms with Crippen LogP contribution in [-0.4, -0.2) is 49.6 Å². The molecule has 1 heterocycles. The van der Waals surface area contributed by atoms with Gasteiger partial charge in [0.2, 0.25) is 0 Å². The second-order valence-electron chi connectivity index (χ2n) is 5.03. The molecule has 18 heavy (non-hydrogen) atoms. The van der Waals surface area contributed by atoms with Gasteiger partial charge in [-0.15, -0.1) is 0 Å². The monoisotopic (exact) mass is 244 g/mol. The van der Waals surface area contributed by atoms with Gasteiger partial charge in [0.05, 0.1) is 6.07 Å². The number of rotatable bonds is 3. The molecule has 2 N–H and O–H groups in total. The maximum atomic E-state index is 9.41. The van der Waals surface area contributed by atoms with Crippen LogP contribution in [0.15, 0.2) is 30.3 Å². The minimum atomic E-state index is -0.906. The van der Waals surface area contributed by atoms with Crippen LogP contribution in [0.2, 0.25) is 0 Å². The van der Waals surface area contributed by atoms with Crippen molar-refractivity contribution in [3.8, 4) is 6.07 Å². The van der Waals surface area contributed by atoms with Gasteiger partial charge >= 0.3 is 0 Å². The lowest BCUT2D eigenvalue weighted by atomic mass is 9.92. The summed E-state index contributed by atoms with van der Waals surface area (Å²) in [6.45, 7) is 4.63. The molecule has 1 atom stereocenters. The van der Waals surface area contributed by atoms with Gasteiger partial charge in [-0.2, -0.15) is 5.26 Å². The van der Waals surface area contributed by atoms with Gasteiger partial charge in [0, 0.05) is 32.7 Å². The molecular formula is C14H20N4. The summed E-state index contributed by atoms with van der Waals surface area (Å²) in [5.41, 5.74) is 6.26. The summed E-state index contributed by atoms with van der Waals surface area (Å²) in [5, 5.41) is 9.41. The first-order valence-electron chi connectivity index (χ1n) is 6.30. The molecule has 1 aliphatic rings. The Hall–Kier alpha value is -1.41. The number of likely N-dealkylation sites (N-methyl/N-ethyl adjacent to an activating group) is 1. The van der Waals surface area contributed by atoms with Crippen molar-refractivity contribution in [1.29, 1.82) is 5.26 Å². The zero-order chi connectivity index (χ0) is 13.0. The molecule has 0 spiro atoms. The first kappa shape index (κ1) is 13.0. The van der Waals surface area contributed by atoms with Gasteiger partial charge in [0.1, 0.15) is 5.54 Å². The maximum Gasteiger partial charge on any atom is 0.142 e. The van der Waals surface area contributed by atoms with Crippen LogP contribution in [0.5, 0.6) is 0 Å². The van der Waals surface area contributed by atoms with Crippen LogP contribution >= 0.6 is 0 Å². The number of nitriles is 1. The van der Waals surface area contributed by atoms with E-state index in [9.17, 15) is 5.26 Å². The lowest BCUT2D eigenvalue weighted by Gasteiger charge is -2.36. The molecule has 1 fully saturated rings. The third kappa shape index (κ3) is 2.88. The fourth-order valence-electron chi connectivity index (χ4n) is 2.29. The zero-order valence-electron chi connectivity index (χ0n) is 10.8. The van der Waals surface area contributed by atoms with Crippen molar-refractivity contribution in [3.05, 3.63) is 35.9 Å². The van der Waals surface area contributed by atoms with E-state index >= 15 is 0 Å². The van der Waals surface area contributed by atoms with Crippen LogP contribution in [0.25, 0.3) is 0 Å². The van der Waals surface area contributed by atoms with Gasteiger partial charge < -0.3 is 10.6 Å². The summed E-state index contributed by atoms with van der Waals surface area (Å²) in [6.07, 6.45) is 0. The van der Waals surface area contributed by atoms with E-state index < -0.39 is 5.54 Å². The van der Waals surface area contributed by atoms with Crippen molar-refractivity contribution in [2.75, 3.05) is 39.8 Å². The van der Waals surface area contributed by atoms with Crippen molar-refractivity contribution in [3.63, 3.8) is 0 Å². The molecule has 96 valence electrons. The highest BCUT2D eigenvalue weighted by atomic mass is 15.3. The third-order valence-corrected chi connectivity index (χ3v) is 3.56. The van der Waals surface area contributed by atoms with E-state index in [0.717, 1.165) is 31.7 Å². The molecular weight excluding hydrogens is 224 g/mol. The van der Waals surface area contributed by atoms with E-state index in [2.05, 4.69) is 22.9 Å². The Morgan fingerprint density at radius 3 is 2.39 bits per heavy atom. The predicted molar refractivity (Wildman–Crippen MR) is 71.9 cm³/mol. The van der Waals surface area contributed by atoms with Crippen molar-refractivity contribution >= 4 is 0 Å². The van der Waals surface area contributed by atoms with E-state index in [0.29, 0.717) is 6.54 Å². The summed E-state index contributed by atoms with van der Waals surface area (Å²) in [7, 11) is 2.12. The van der Waals surface area contributed by atoms with E-state index in [4.69, 9.17) is 5.73 Å². The average molecular weight is 244 g/mol. The maximum absolute atomic E-state index is 9.41. The Kier molecular flexibility index (Phi) is 3.97. The van der Waals surface area contributed by atoms with Gasteiger partial charge in [-0.3, -0.25) is 4.90 Å². The largest absolute Gasteiger partial charge is 0.309 e. The standard InChI is InChI=1S/C14H20N4/c1-17-7-9-18(10-8-17)12-14(16,11-15)13-5-3-2-4-6-13/h2-6H,7-10,12,16H2,1H3. The van der Waals surface area contributed by atoms with Crippen LogP contribution in [0.1, 0.15) is 5.56 Å². The predicted octanol–water partition coefficient (Wildman–Crippen LogP) is 0.612. The molecule has 0 bridgehead atoms. The van der Waals surface area contributed by atoms with Crippen molar-refractivity contribution in [2.45, 2.75) is 5.54 Å². The highest BCUT2D eigenvalue weighted by molar-refractivity contribution is 5.31. The zero-order valence-corrected chi connectivity index (χ0v) is 10.8. The molecule has 2 rings (SSSR count). The van der Waals surface area contributed by atoms with Crippen LogP contribution in [0, 0.1) is 11.3 Å². The fraction of sp³-hybridized carbons (Fsp3) is 0.500. The Morgan fingerprint density at radius 1 is 1.22 bits per heavy atom. The average Bonchev–Trinajstić information content (AvgIpc) is 2.42. The van der Waals surface area contributed by atoms with E-state index in [-0.39, 0.29) is 0 Å². The van der Waals surface area contributed by atoms with Gasteiger partial charge in [-0.25, -0.2) is 0 Å². The van der Waals surface area contributed by atoms with E-state index in [1.807, 2.05) is 30.3 Å². The van der Waals surface area contributed by atoms with Crippen molar-refractivity contribution in [1.82, 2.24) is 9.80 Å². The summed E-state index contributed by atoms with van der Waals surface area (Å²) >= 11 is 0. The smallest absolute Gasteiger partial charge is 0.142 e. The molecule has 0 saturated carbocycles. The second kappa shape index (κ2) is 5.49. The number of benzene rings is 1. The lowest BCUT2D eigenvalue weighted by Crippen LogP contribution is -2.52. The minimum Gasteiger partial charge on any atom is -0.309 e. The van der Waals surface area contributed by atoms with Gasteiger partial charge in [-0.1, -0.05) is 30.3 Å². The molecule has 0 amide bonds. The van der Waals surface area contributed by atoms with Gasteiger partial charge in [0.15, 0.2) is 0 Å². The number of hydrogen-bond acceptors (Lipinski definition) is 4. The molecule has 4 nitrogen and oxygen atoms in total. The molecule has 1 unspecified atom stereocenters. The van der Waals surface area contributed by atoms with Gasteiger partial charge in [-0.05, 0) is 12.6 Å². The molecule has 1 aromatic carbocycles. The molecule has 0 aromatic heterocycles. The van der Waals surface area contributed by atoms with Gasteiger partial charge in [0.25, 0.3) is 0 Å². The van der Waals surface area contributed by atoms with Crippen LogP contribution in [0.4, 0.5) is 0 Å². The summed E-state index contributed by atoms with van der Waals surface area (Å²) < 4.78 is 0. The summed E-state index contributed by atoms with van der Waals surface area (Å²) in [6, 6.07) is 11.9. The Labute approximate surface area is 109 Å². The minimum absolute atomic E-state index is 0.599. The Bertz CT molecular complexity index is 417. The molecule has 1 aromatic rings. The first-order valence-corrected chi connectivity index (χ1v) is 6.30. The summed E-state index contributed by atoms with van der Waals surface area (Å²) in [5.74, 6) is 0. The van der Waals surface area contributed by atoms with Crippen molar-refractivity contribution < 1.29 is 0 Å². The highest BCUT2D eigenvalue weighted by Crippen LogP contribution is 2.19. The molecule has 1 saturated heterocycles. The normalized spacial score (nSPS) is 21.2. The van der Waals surface area contributed by atoms with Crippen LogP contribution < -0.4 is 5.73 Å². The topological polar surface area (TPSA) is 56.3 Å². The van der Waals surface area contributed by atoms with Crippen LogP contribution in [0.3, 0.4) is 0 Å². The molecule has 4 heteroatoms. The van der Waals surface area contributed by atoms with E-state index in [1.54, 1.807) is 0 Å². The van der Waals surface area contributed by atoms with E-state index in [1.165, 1.54) is 0 Å². The first-order chi connectivity index (χ1) is 8.64. The Morgan fingerprint density at radius 2 is 1.83 bits per heavy atom. The quantitative estimate of drug-likeness (QED) is 0.846. The van der Waals surface area contributed by atoms with Crippen molar-refractivity contribution in [2.24, 2.45) is 5.73 Å².